The van der Waals surface area contributed by atoms with Gasteiger partial charge in [-0.15, -0.1) is 10.2 Å². The van der Waals surface area contributed by atoms with Crippen LogP contribution in [0.15, 0.2) is 42.7 Å². The molecule has 3 fully saturated rings. The fourth-order valence-corrected chi connectivity index (χ4v) is 8.97. The lowest BCUT2D eigenvalue weighted by molar-refractivity contribution is -0.110. The van der Waals surface area contributed by atoms with E-state index in [0.29, 0.717) is 64.5 Å². The average Bonchev–Trinajstić information content (AvgIpc) is 3.46. The summed E-state index contributed by atoms with van der Waals surface area (Å²) in [6.45, 7) is 9.54. The summed E-state index contributed by atoms with van der Waals surface area (Å²) < 4.78 is 17.6. The third-order valence-electron chi connectivity index (χ3n) is 11.5. The van der Waals surface area contributed by atoms with Crippen LogP contribution in [-0.2, 0) is 15.9 Å². The SMILES string of the molecule is COCOc1ccccc1-c1cc2c3c(n(C(=O)O)c2nn1)CCN(c1ncc(C2CCN(C4CC5(C4)CN(C(=O)OC(C)(C)C)C5)CC2)cn1)C3CO. The minimum Gasteiger partial charge on any atom is -0.467 e. The molecule has 6 heterocycles. The zero-order chi connectivity index (χ0) is 37.8. The Morgan fingerprint density at radius 1 is 1.02 bits per heavy atom. The first-order chi connectivity index (χ1) is 26.0. The second kappa shape index (κ2) is 14.1. The number of ether oxygens (including phenoxy) is 3. The zero-order valence-electron chi connectivity index (χ0n) is 31.3. The van der Waals surface area contributed by atoms with Crippen molar-refractivity contribution < 1.29 is 34.0 Å². The molecule has 1 spiro atoms. The molecular weight excluding hydrogens is 692 g/mol. The average molecular weight is 741 g/mol. The number of likely N-dealkylation sites (tertiary alicyclic amines) is 2. The number of amides is 1. The van der Waals surface area contributed by atoms with Crippen molar-refractivity contribution in [1.82, 2.24) is 34.5 Å². The van der Waals surface area contributed by atoms with Crippen LogP contribution in [-0.4, -0.2) is 122 Å². The van der Waals surface area contributed by atoms with Crippen molar-refractivity contribution in [3.63, 3.8) is 0 Å². The van der Waals surface area contributed by atoms with E-state index in [0.717, 1.165) is 57.4 Å². The number of methoxy groups -OCH3 is 1. The van der Waals surface area contributed by atoms with Crippen LogP contribution in [0.25, 0.3) is 22.3 Å². The molecule has 1 amide bonds. The smallest absolute Gasteiger partial charge is 0.417 e. The van der Waals surface area contributed by atoms with E-state index in [9.17, 15) is 19.8 Å². The molecule has 2 N–H and O–H groups in total. The molecule has 3 aliphatic heterocycles. The van der Waals surface area contributed by atoms with Crippen molar-refractivity contribution in [1.29, 1.82) is 0 Å². The van der Waals surface area contributed by atoms with E-state index in [2.05, 4.69) is 15.1 Å². The van der Waals surface area contributed by atoms with Crippen LogP contribution in [0.1, 0.15) is 75.2 Å². The Balaban J connectivity index is 0.944. The number of carbonyl (C=O) groups is 2. The summed E-state index contributed by atoms with van der Waals surface area (Å²) in [5.41, 5.74) is 3.52. The second-order valence-corrected chi connectivity index (χ2v) is 16.2. The number of aliphatic hydroxyl groups excluding tert-OH is 1. The number of aromatic nitrogens is 5. The maximum Gasteiger partial charge on any atom is 0.417 e. The van der Waals surface area contributed by atoms with Gasteiger partial charge in [0.15, 0.2) is 12.4 Å². The Kier molecular flexibility index (Phi) is 9.43. The van der Waals surface area contributed by atoms with Crippen molar-refractivity contribution in [2.24, 2.45) is 5.41 Å². The molecule has 4 aromatic rings. The molecule has 1 aromatic carbocycles. The Hall–Kier alpha value is -4.86. The Morgan fingerprint density at radius 2 is 1.74 bits per heavy atom. The number of benzene rings is 1. The monoisotopic (exact) mass is 740 g/mol. The van der Waals surface area contributed by atoms with Crippen LogP contribution in [0.2, 0.25) is 0 Å². The molecule has 1 aliphatic carbocycles. The predicted molar refractivity (Wildman–Crippen MR) is 199 cm³/mol. The molecule has 1 atom stereocenters. The molecule has 15 heteroatoms. The van der Waals surface area contributed by atoms with Crippen molar-refractivity contribution in [3.05, 3.63) is 59.5 Å². The van der Waals surface area contributed by atoms with Gasteiger partial charge in [-0.25, -0.2) is 24.1 Å². The first kappa shape index (κ1) is 36.1. The van der Waals surface area contributed by atoms with Gasteiger partial charge in [0.1, 0.15) is 11.4 Å². The molecule has 0 radical (unpaired) electrons. The highest BCUT2D eigenvalue weighted by molar-refractivity contribution is 5.93. The van der Waals surface area contributed by atoms with E-state index in [1.807, 2.05) is 73.3 Å². The van der Waals surface area contributed by atoms with Gasteiger partial charge in [0, 0.05) is 79.2 Å². The van der Waals surface area contributed by atoms with Crippen LogP contribution in [0.3, 0.4) is 0 Å². The molecule has 8 rings (SSSR count). The largest absolute Gasteiger partial charge is 0.467 e. The highest BCUT2D eigenvalue weighted by Gasteiger charge is 2.55. The van der Waals surface area contributed by atoms with E-state index >= 15 is 0 Å². The maximum atomic E-state index is 12.5. The molecule has 2 saturated heterocycles. The molecule has 3 aromatic heterocycles. The molecule has 1 unspecified atom stereocenters. The fraction of sp³-hybridized carbons (Fsp3) is 0.538. The number of aliphatic hydroxyl groups is 1. The fourth-order valence-electron chi connectivity index (χ4n) is 8.97. The van der Waals surface area contributed by atoms with E-state index < -0.39 is 17.7 Å². The first-order valence-electron chi connectivity index (χ1n) is 18.7. The van der Waals surface area contributed by atoms with E-state index in [4.69, 9.17) is 24.2 Å². The van der Waals surface area contributed by atoms with E-state index in [-0.39, 0.29) is 30.6 Å². The van der Waals surface area contributed by atoms with Gasteiger partial charge in [0.25, 0.3) is 0 Å². The van der Waals surface area contributed by atoms with Crippen LogP contribution >= 0.6 is 0 Å². The van der Waals surface area contributed by atoms with Crippen LogP contribution in [0.4, 0.5) is 15.5 Å². The lowest BCUT2D eigenvalue weighted by atomic mass is 9.60. The predicted octanol–water partition coefficient (Wildman–Crippen LogP) is 5.07. The minimum atomic E-state index is -1.16. The summed E-state index contributed by atoms with van der Waals surface area (Å²) >= 11 is 0. The second-order valence-electron chi connectivity index (χ2n) is 16.2. The number of para-hydroxylation sites is 1. The summed E-state index contributed by atoms with van der Waals surface area (Å²) in [5.74, 6) is 1.40. The first-order valence-corrected chi connectivity index (χ1v) is 18.7. The zero-order valence-corrected chi connectivity index (χ0v) is 31.3. The normalized spacial score (nSPS) is 20.4. The minimum absolute atomic E-state index is 0.0526. The molecule has 54 heavy (non-hydrogen) atoms. The van der Waals surface area contributed by atoms with Gasteiger partial charge in [0.05, 0.1) is 18.3 Å². The van der Waals surface area contributed by atoms with Crippen molar-refractivity contribution in [2.45, 2.75) is 76.5 Å². The number of rotatable bonds is 8. The summed E-state index contributed by atoms with van der Waals surface area (Å²) in [5, 5.41) is 30.4. The number of nitrogens with zero attached hydrogens (tertiary/aromatic N) is 8. The number of carbonyl (C=O) groups excluding carboxylic acids is 1. The summed E-state index contributed by atoms with van der Waals surface area (Å²) in [4.78, 5) is 41.0. The van der Waals surface area contributed by atoms with Crippen LogP contribution < -0.4 is 9.64 Å². The lowest BCUT2D eigenvalue weighted by Crippen LogP contribution is -2.68. The van der Waals surface area contributed by atoms with Gasteiger partial charge in [-0.3, -0.25) is 0 Å². The molecule has 15 nitrogen and oxygen atoms in total. The summed E-state index contributed by atoms with van der Waals surface area (Å²) in [7, 11) is 1.54. The van der Waals surface area contributed by atoms with Crippen molar-refractivity contribution in [3.8, 4) is 17.0 Å². The summed E-state index contributed by atoms with van der Waals surface area (Å²) in [6, 6.07) is 9.16. The topological polar surface area (TPSA) is 168 Å². The molecule has 286 valence electrons. The van der Waals surface area contributed by atoms with Crippen molar-refractivity contribution >= 4 is 29.2 Å². The van der Waals surface area contributed by atoms with Gasteiger partial charge >= 0.3 is 12.2 Å². The van der Waals surface area contributed by atoms with Crippen LogP contribution in [0.5, 0.6) is 5.75 Å². The Morgan fingerprint density at radius 3 is 2.41 bits per heavy atom. The van der Waals surface area contributed by atoms with Gasteiger partial charge in [-0.1, -0.05) is 12.1 Å². The number of fused-ring (bicyclic) bond motifs is 3. The third-order valence-corrected chi connectivity index (χ3v) is 11.5. The van der Waals surface area contributed by atoms with Gasteiger partial charge in [0.2, 0.25) is 5.95 Å². The van der Waals surface area contributed by atoms with Crippen LogP contribution in [0, 0.1) is 5.41 Å². The van der Waals surface area contributed by atoms with Gasteiger partial charge in [-0.2, -0.15) is 0 Å². The summed E-state index contributed by atoms with van der Waals surface area (Å²) in [6.07, 6.45) is 7.17. The Labute approximate surface area is 313 Å². The number of anilines is 1. The standard InChI is InChI=1S/C39H48N8O7/c1-38(2,3)54-37(51)45-21-39(22-45)16-26(17-39)44-12-9-24(10-13-44)25-18-40-35(41-19-25)46-14-11-30-33(31(46)20-48)28-15-29(42-43-34(28)47(30)36(49)50)27-7-5-6-8-32(27)53-23-52-4/h5-8,15,18-19,24,26,31,48H,9-14,16-17,20-23H2,1-4H3,(H,49,50). The lowest BCUT2D eigenvalue weighted by Gasteiger charge is -2.61. The molecule has 1 saturated carbocycles. The Bertz CT molecular complexity index is 2020. The number of piperidine rings is 1. The molecule has 0 bridgehead atoms. The molecular formula is C39H48N8O7. The van der Waals surface area contributed by atoms with Gasteiger partial charge < -0.3 is 39.1 Å². The molecule has 4 aliphatic rings. The van der Waals surface area contributed by atoms with Gasteiger partial charge in [-0.05, 0) is 89.2 Å². The number of carboxylic acid groups (broad SMARTS) is 1. The van der Waals surface area contributed by atoms with Crippen molar-refractivity contribution in [2.75, 3.05) is 58.1 Å². The third kappa shape index (κ3) is 6.62. The van der Waals surface area contributed by atoms with E-state index in [1.54, 1.807) is 7.11 Å². The van der Waals surface area contributed by atoms with E-state index in [1.165, 1.54) is 4.57 Å². The highest BCUT2D eigenvalue weighted by atomic mass is 16.7. The maximum absolute atomic E-state index is 12.5. The number of hydrogen-bond acceptors (Lipinski definition) is 12. The quantitative estimate of drug-likeness (QED) is 0.230. The highest BCUT2D eigenvalue weighted by Crippen LogP contribution is 2.51. The number of hydrogen-bond donors (Lipinski definition) is 2.